The van der Waals surface area contributed by atoms with Gasteiger partial charge in [-0.3, -0.25) is 10.1 Å². The molecule has 0 saturated heterocycles. The van der Waals surface area contributed by atoms with Crippen molar-refractivity contribution in [2.24, 2.45) is 0 Å². The predicted octanol–water partition coefficient (Wildman–Crippen LogP) is 3.84. The molecule has 2 N–H and O–H groups in total. The van der Waals surface area contributed by atoms with Crippen molar-refractivity contribution in [3.8, 4) is 10.6 Å². The molecule has 0 aliphatic heterocycles. The Kier molecular flexibility index (Phi) is 4.61. The summed E-state index contributed by atoms with van der Waals surface area (Å²) in [5.74, 6) is -1.74. The number of nitrogens with one attached hydrogen (secondary N) is 2. The van der Waals surface area contributed by atoms with Gasteiger partial charge in [-0.15, -0.1) is 0 Å². The molecule has 128 valence electrons. The van der Waals surface area contributed by atoms with E-state index in [4.69, 9.17) is 0 Å². The Morgan fingerprint density at radius 1 is 1.08 bits per heavy atom. The number of hydrogen-bond acceptors (Lipinski definition) is 6. The fourth-order valence-corrected chi connectivity index (χ4v) is 2.61. The highest BCUT2D eigenvalue weighted by molar-refractivity contribution is 7.19. The van der Waals surface area contributed by atoms with E-state index in [1.807, 2.05) is 30.3 Å². The van der Waals surface area contributed by atoms with Crippen molar-refractivity contribution in [1.82, 2.24) is 15.0 Å². The van der Waals surface area contributed by atoms with Crippen LogP contribution in [0.4, 0.5) is 29.9 Å². The van der Waals surface area contributed by atoms with Crippen LogP contribution in [0.1, 0.15) is 0 Å². The molecule has 3 rings (SSSR count). The molecule has 0 unspecified atom stereocenters. The molecule has 10 heteroatoms. The predicted molar refractivity (Wildman–Crippen MR) is 87.5 cm³/mol. The molecular weight excluding hydrogens is 355 g/mol. The van der Waals surface area contributed by atoms with E-state index in [0.717, 1.165) is 17.0 Å². The zero-order valence-corrected chi connectivity index (χ0v) is 13.2. The minimum atomic E-state index is -4.96. The van der Waals surface area contributed by atoms with Crippen molar-refractivity contribution < 1.29 is 18.0 Å². The van der Waals surface area contributed by atoms with Gasteiger partial charge in [0.15, 0.2) is 5.13 Å². The third-order valence-corrected chi connectivity index (χ3v) is 3.86. The van der Waals surface area contributed by atoms with Crippen molar-refractivity contribution in [2.75, 3.05) is 10.6 Å². The zero-order valence-electron chi connectivity index (χ0n) is 12.4. The number of carbonyl (C=O) groups excluding carboxylic acids is 1. The second-order valence-corrected chi connectivity index (χ2v) is 5.77. The summed E-state index contributed by atoms with van der Waals surface area (Å²) in [6.07, 6.45) is -2.11. The van der Waals surface area contributed by atoms with Crippen molar-refractivity contribution in [3.63, 3.8) is 0 Å². The van der Waals surface area contributed by atoms with Crippen LogP contribution in [0.3, 0.4) is 0 Å². The van der Waals surface area contributed by atoms with Crippen molar-refractivity contribution >= 4 is 34.0 Å². The van der Waals surface area contributed by atoms with Gasteiger partial charge >= 0.3 is 12.1 Å². The van der Waals surface area contributed by atoms with Gasteiger partial charge in [0.05, 0.1) is 10.6 Å². The summed E-state index contributed by atoms with van der Waals surface area (Å²) >= 11 is 0.884. The molecule has 0 radical (unpaired) electrons. The third kappa shape index (κ3) is 4.29. The Hall–Kier alpha value is -3.01. The highest BCUT2D eigenvalue weighted by atomic mass is 32.1. The Labute approximate surface area is 143 Å². The topological polar surface area (TPSA) is 79.8 Å². The van der Waals surface area contributed by atoms with E-state index in [2.05, 4.69) is 20.3 Å². The Balaban J connectivity index is 1.76. The van der Waals surface area contributed by atoms with Crippen LogP contribution in [0.5, 0.6) is 0 Å². The lowest BCUT2D eigenvalue weighted by molar-refractivity contribution is -0.167. The smallest absolute Gasteiger partial charge is 0.324 e. The summed E-state index contributed by atoms with van der Waals surface area (Å²) < 4.78 is 36.8. The largest absolute Gasteiger partial charge is 0.471 e. The van der Waals surface area contributed by atoms with Crippen LogP contribution < -0.4 is 10.6 Å². The third-order valence-electron chi connectivity index (χ3n) is 2.92. The molecule has 0 bridgehead atoms. The molecule has 1 aromatic carbocycles. The van der Waals surface area contributed by atoms with Crippen LogP contribution >= 0.6 is 11.3 Å². The van der Waals surface area contributed by atoms with Gasteiger partial charge in [0, 0.05) is 18.1 Å². The summed E-state index contributed by atoms with van der Waals surface area (Å²) in [5.41, 5.74) is 1.26. The molecule has 6 nitrogen and oxygen atoms in total. The number of thiazole rings is 1. The minimum Gasteiger partial charge on any atom is -0.324 e. The normalized spacial score (nSPS) is 11.2. The number of aromatic nitrogens is 3. The maximum absolute atomic E-state index is 12.3. The van der Waals surface area contributed by atoms with E-state index < -0.39 is 12.1 Å². The number of nitrogens with zero attached hydrogens (tertiary/aromatic N) is 3. The molecule has 0 fully saturated rings. The van der Waals surface area contributed by atoms with E-state index in [-0.39, 0.29) is 5.13 Å². The van der Waals surface area contributed by atoms with Gasteiger partial charge in [-0.05, 0) is 18.2 Å². The van der Waals surface area contributed by atoms with E-state index in [1.54, 1.807) is 11.4 Å². The fourth-order valence-electron chi connectivity index (χ4n) is 1.83. The quantitative estimate of drug-likeness (QED) is 0.734. The highest BCUT2D eigenvalue weighted by Gasteiger charge is 2.39. The molecule has 0 atom stereocenters. The fraction of sp³-hybridized carbons (Fsp3) is 0.0667. The Bertz CT molecular complexity index is 882. The highest BCUT2D eigenvalue weighted by Crippen LogP contribution is 2.29. The summed E-state index contributed by atoms with van der Waals surface area (Å²) in [7, 11) is 0. The van der Waals surface area contributed by atoms with Crippen molar-refractivity contribution in [3.05, 3.63) is 48.8 Å². The van der Waals surface area contributed by atoms with Crippen LogP contribution in [0.15, 0.2) is 48.8 Å². The number of benzene rings is 1. The molecule has 2 aromatic heterocycles. The van der Waals surface area contributed by atoms with Gasteiger partial charge in [0.1, 0.15) is 0 Å². The minimum absolute atomic E-state index is 0.159. The number of halogens is 3. The first-order valence-electron chi connectivity index (χ1n) is 6.91. The number of amides is 1. The maximum atomic E-state index is 12.3. The molecule has 25 heavy (non-hydrogen) atoms. The first-order valence-corrected chi connectivity index (χ1v) is 7.73. The second kappa shape index (κ2) is 6.85. The average molecular weight is 365 g/mol. The summed E-state index contributed by atoms with van der Waals surface area (Å²) in [4.78, 5) is 23.6. The first-order chi connectivity index (χ1) is 11.9. The molecular formula is C15H10F3N5OS. The SMILES string of the molecule is O=C(Nc1ncc(-c2ccnc(Nc3ccccc3)n2)s1)C(F)(F)F. The van der Waals surface area contributed by atoms with E-state index in [0.29, 0.717) is 16.5 Å². The number of para-hydroxylation sites is 1. The molecule has 3 aromatic rings. The van der Waals surface area contributed by atoms with Gasteiger partial charge in [0.25, 0.3) is 0 Å². The first kappa shape index (κ1) is 16.8. The lowest BCUT2D eigenvalue weighted by atomic mass is 10.3. The van der Waals surface area contributed by atoms with Gasteiger partial charge in [0.2, 0.25) is 5.95 Å². The number of hydrogen-bond donors (Lipinski definition) is 2. The lowest BCUT2D eigenvalue weighted by Crippen LogP contribution is -2.29. The molecule has 0 aliphatic carbocycles. The molecule has 0 spiro atoms. The molecule has 2 heterocycles. The Morgan fingerprint density at radius 3 is 2.56 bits per heavy atom. The van der Waals surface area contributed by atoms with E-state index >= 15 is 0 Å². The monoisotopic (exact) mass is 365 g/mol. The molecule has 0 aliphatic rings. The van der Waals surface area contributed by atoms with Crippen molar-refractivity contribution in [2.45, 2.75) is 6.18 Å². The van der Waals surface area contributed by atoms with Crippen LogP contribution in [0.2, 0.25) is 0 Å². The van der Waals surface area contributed by atoms with Crippen molar-refractivity contribution in [1.29, 1.82) is 0 Å². The summed E-state index contributed by atoms with van der Waals surface area (Å²) in [5, 5.41) is 4.57. The zero-order chi connectivity index (χ0) is 17.9. The van der Waals surface area contributed by atoms with Crippen LogP contribution in [0, 0.1) is 0 Å². The number of rotatable bonds is 4. The van der Waals surface area contributed by atoms with Crippen LogP contribution in [0.25, 0.3) is 10.6 Å². The molecule has 1 amide bonds. The van der Waals surface area contributed by atoms with Crippen LogP contribution in [-0.2, 0) is 4.79 Å². The lowest BCUT2D eigenvalue weighted by Gasteiger charge is -2.05. The van der Waals surface area contributed by atoms with Gasteiger partial charge in [-0.25, -0.2) is 15.0 Å². The maximum Gasteiger partial charge on any atom is 0.471 e. The van der Waals surface area contributed by atoms with Gasteiger partial charge in [-0.2, -0.15) is 13.2 Å². The van der Waals surface area contributed by atoms with Gasteiger partial charge < -0.3 is 5.32 Å². The van der Waals surface area contributed by atoms with Crippen LogP contribution in [-0.4, -0.2) is 27.0 Å². The summed E-state index contributed by atoms with van der Waals surface area (Å²) in [6.45, 7) is 0. The van der Waals surface area contributed by atoms with Gasteiger partial charge in [-0.1, -0.05) is 29.5 Å². The number of alkyl halides is 3. The van der Waals surface area contributed by atoms with E-state index in [1.165, 1.54) is 12.4 Å². The standard InChI is InChI=1S/C15H10F3N5OS/c16-15(17,18)12(24)23-14-20-8-11(25-14)10-6-7-19-13(22-10)21-9-4-2-1-3-5-9/h1-8H,(H,19,21,22)(H,20,23,24). The van der Waals surface area contributed by atoms with E-state index in [9.17, 15) is 18.0 Å². The number of anilines is 3. The summed E-state index contributed by atoms with van der Waals surface area (Å²) in [6, 6.07) is 10.9. The average Bonchev–Trinajstić information content (AvgIpc) is 3.04. The Morgan fingerprint density at radius 2 is 1.84 bits per heavy atom. The molecule has 0 saturated carbocycles. The number of carbonyl (C=O) groups is 1. The second-order valence-electron chi connectivity index (χ2n) is 4.74.